The summed E-state index contributed by atoms with van der Waals surface area (Å²) in [7, 11) is 4.87. The van der Waals surface area contributed by atoms with Crippen molar-refractivity contribution in [2.45, 2.75) is 152 Å². The van der Waals surface area contributed by atoms with Gasteiger partial charge in [0.15, 0.2) is 30.4 Å². The first kappa shape index (κ1) is 44.0. The summed E-state index contributed by atoms with van der Waals surface area (Å²) in [6.45, 7) is 8.35. The molecule has 0 bridgehead atoms. The summed E-state index contributed by atoms with van der Waals surface area (Å²) in [5.74, 6) is -4.35. The number of aromatic hydroxyl groups is 3. The number of nitrogens with zero attached hydrogens (tertiary/aromatic N) is 1. The molecule has 3 heterocycles. The van der Waals surface area contributed by atoms with E-state index in [1.54, 1.807) is 27.7 Å². The Hall–Kier alpha value is -4.04. The van der Waals surface area contributed by atoms with Gasteiger partial charge in [0.05, 0.1) is 48.3 Å². The summed E-state index contributed by atoms with van der Waals surface area (Å²) in [6, 6.07) is 2.87. The Bertz CT molecular complexity index is 2040. The lowest BCUT2D eigenvalue weighted by Gasteiger charge is -2.51. The number of ether oxygens (including phenoxy) is 7. The smallest absolute Gasteiger partial charge is 0.318 e. The monoisotopic (exact) mass is 841 g/mol. The Morgan fingerprint density at radius 1 is 0.867 bits per heavy atom. The zero-order valence-electron chi connectivity index (χ0n) is 35.0. The summed E-state index contributed by atoms with van der Waals surface area (Å²) in [6.07, 6.45) is -7.06. The Balaban J connectivity index is 1.16. The Labute approximate surface area is 347 Å². The quantitative estimate of drug-likeness (QED) is 0.195. The minimum absolute atomic E-state index is 0.00123. The van der Waals surface area contributed by atoms with Gasteiger partial charge in [-0.3, -0.25) is 19.2 Å². The molecule has 3 saturated heterocycles. The summed E-state index contributed by atoms with van der Waals surface area (Å²) in [5, 5.41) is 56.5. The van der Waals surface area contributed by atoms with E-state index < -0.39 is 119 Å². The maximum atomic E-state index is 14.0. The van der Waals surface area contributed by atoms with E-state index in [0.717, 1.165) is 19.2 Å². The molecule has 0 radical (unpaired) electrons. The van der Waals surface area contributed by atoms with Crippen LogP contribution in [0.4, 0.5) is 0 Å². The predicted molar refractivity (Wildman–Crippen MR) is 208 cm³/mol. The van der Waals surface area contributed by atoms with Gasteiger partial charge in [0.2, 0.25) is 5.78 Å². The van der Waals surface area contributed by atoms with Crippen LogP contribution in [0.3, 0.4) is 0 Å². The average molecular weight is 842 g/mol. The molecule has 17 heteroatoms. The number of hydrogen-bond donors (Lipinski definition) is 5. The van der Waals surface area contributed by atoms with Crippen LogP contribution in [0.25, 0.3) is 0 Å². The third-order valence-electron chi connectivity index (χ3n) is 13.2. The SMILES string of the molecule is CCC1(O)CC(OC2CC(N(C)C)C(OC3CC(O)C(OC4CCC(=O)C(C)O4)C(C)O3)C(C)O2)c2c(cc3c(c2O)C(=O)c2c(O)cc(O)cc2C3=O)C1(C)C(=O)OC. The molecule has 2 aromatic carbocycles. The number of Topliss-reactive ketones (excluding diaryl/α,β-unsaturated/α-hetero) is 1. The van der Waals surface area contributed by atoms with Crippen LogP contribution in [-0.4, -0.2) is 142 Å². The van der Waals surface area contributed by atoms with Gasteiger partial charge in [-0.2, -0.15) is 0 Å². The number of ketones is 3. The molecule has 5 aliphatic rings. The minimum Gasteiger partial charge on any atom is -0.508 e. The molecule has 13 unspecified atom stereocenters. The lowest BCUT2D eigenvalue weighted by Crippen LogP contribution is -2.60. The van der Waals surface area contributed by atoms with E-state index in [1.807, 2.05) is 19.0 Å². The van der Waals surface area contributed by atoms with Crippen LogP contribution in [-0.2, 0) is 48.2 Å². The minimum atomic E-state index is -1.87. The summed E-state index contributed by atoms with van der Waals surface area (Å²) in [4.78, 5) is 55.6. The lowest BCUT2D eigenvalue weighted by atomic mass is 9.58. The molecular weight excluding hydrogens is 786 g/mol. The topological polar surface area (TPSA) is 237 Å². The number of rotatable bonds is 9. The standard InChI is InChI=1S/C43H55NO16/c1-9-43(53)17-29(35-24(42(43,5)41(52)54-8)14-23-34(38(35)51)37(50)33-22(36(23)49)12-21(45)13-27(33)47)58-31-15-25(44(6)7)39(19(3)56-31)60-32-16-28(48)40(20(4)57-32)59-30-11-10-26(46)18(2)55-30/h12-14,18-20,25,28-32,39-40,45,47-48,51,53H,9-11,15-17H2,1-8H3. The van der Waals surface area contributed by atoms with Gasteiger partial charge in [0.1, 0.15) is 41.0 Å². The van der Waals surface area contributed by atoms with Crippen LogP contribution in [0.15, 0.2) is 18.2 Å². The van der Waals surface area contributed by atoms with E-state index in [4.69, 9.17) is 33.2 Å². The van der Waals surface area contributed by atoms with Crippen molar-refractivity contribution in [1.29, 1.82) is 0 Å². The second kappa shape index (κ2) is 16.3. The fourth-order valence-corrected chi connectivity index (χ4v) is 9.70. The van der Waals surface area contributed by atoms with Crippen molar-refractivity contribution in [3.05, 3.63) is 51.6 Å². The molecule has 5 N–H and O–H groups in total. The number of carbonyl (C=O) groups is 4. The number of hydrogen-bond acceptors (Lipinski definition) is 17. The number of fused-ring (bicyclic) bond motifs is 3. The molecule has 3 aliphatic heterocycles. The van der Waals surface area contributed by atoms with Crippen LogP contribution in [0.5, 0.6) is 17.2 Å². The van der Waals surface area contributed by atoms with Gasteiger partial charge in [-0.15, -0.1) is 0 Å². The first-order valence-electron chi connectivity index (χ1n) is 20.4. The first-order chi connectivity index (χ1) is 28.2. The molecular formula is C43H55NO16. The van der Waals surface area contributed by atoms with Gasteiger partial charge in [0, 0.05) is 60.9 Å². The number of likely N-dealkylation sites (N-methyl/N-ethyl adjacent to an activating group) is 1. The Kier molecular flexibility index (Phi) is 12.0. The molecule has 0 saturated carbocycles. The predicted octanol–water partition coefficient (Wildman–Crippen LogP) is 3.04. The third kappa shape index (κ3) is 7.30. The Morgan fingerprint density at radius 2 is 1.50 bits per heavy atom. The molecule has 13 atom stereocenters. The highest BCUT2D eigenvalue weighted by molar-refractivity contribution is 6.30. The van der Waals surface area contributed by atoms with Crippen LogP contribution in [0.1, 0.15) is 122 Å². The van der Waals surface area contributed by atoms with Gasteiger partial charge in [-0.1, -0.05) is 6.92 Å². The number of carbonyl (C=O) groups excluding carboxylic acids is 4. The molecule has 17 nitrogen and oxygen atoms in total. The third-order valence-corrected chi connectivity index (χ3v) is 13.2. The average Bonchev–Trinajstić information content (AvgIpc) is 3.18. The fraction of sp³-hybridized carbons (Fsp3) is 0.628. The van der Waals surface area contributed by atoms with Crippen molar-refractivity contribution >= 4 is 23.3 Å². The largest absolute Gasteiger partial charge is 0.508 e. The highest BCUT2D eigenvalue weighted by Crippen LogP contribution is 2.56. The Morgan fingerprint density at radius 3 is 2.12 bits per heavy atom. The zero-order valence-corrected chi connectivity index (χ0v) is 35.0. The van der Waals surface area contributed by atoms with E-state index in [1.165, 1.54) is 13.0 Å². The summed E-state index contributed by atoms with van der Waals surface area (Å²) in [5.41, 5.74) is -5.21. The molecule has 328 valence electrons. The van der Waals surface area contributed by atoms with Gasteiger partial charge < -0.3 is 63.6 Å². The van der Waals surface area contributed by atoms with Crippen LogP contribution in [0, 0.1) is 0 Å². The molecule has 2 aromatic rings. The van der Waals surface area contributed by atoms with Crippen molar-refractivity contribution in [1.82, 2.24) is 4.90 Å². The normalized spacial score (nSPS) is 36.7. The number of aliphatic hydroxyl groups is 2. The molecule has 0 amide bonds. The molecule has 60 heavy (non-hydrogen) atoms. The first-order valence-corrected chi connectivity index (χ1v) is 20.4. The van der Waals surface area contributed by atoms with Crippen LogP contribution < -0.4 is 0 Å². The number of methoxy groups -OCH3 is 1. The van der Waals surface area contributed by atoms with E-state index in [-0.39, 0.29) is 59.8 Å². The second-order valence-corrected chi connectivity index (χ2v) is 17.0. The molecule has 7 rings (SSSR count). The van der Waals surface area contributed by atoms with E-state index in [2.05, 4.69) is 0 Å². The highest BCUT2D eigenvalue weighted by atomic mass is 16.7. The summed E-state index contributed by atoms with van der Waals surface area (Å²) < 4.78 is 42.8. The maximum Gasteiger partial charge on any atom is 0.318 e. The second-order valence-electron chi connectivity index (χ2n) is 17.0. The molecule has 0 spiro atoms. The highest BCUT2D eigenvalue weighted by Gasteiger charge is 2.61. The van der Waals surface area contributed by atoms with Crippen molar-refractivity contribution < 1.29 is 77.9 Å². The molecule has 3 fully saturated rings. The number of phenols is 3. The van der Waals surface area contributed by atoms with Gasteiger partial charge in [-0.05, 0) is 65.9 Å². The van der Waals surface area contributed by atoms with Gasteiger partial charge in [-0.25, -0.2) is 0 Å². The van der Waals surface area contributed by atoms with E-state index in [9.17, 15) is 44.7 Å². The van der Waals surface area contributed by atoms with Gasteiger partial charge >= 0.3 is 5.97 Å². The molecule has 0 aromatic heterocycles. The molecule has 2 aliphatic carbocycles. The van der Waals surface area contributed by atoms with Crippen LogP contribution >= 0.6 is 0 Å². The van der Waals surface area contributed by atoms with Gasteiger partial charge in [0.25, 0.3) is 0 Å². The van der Waals surface area contributed by atoms with Crippen molar-refractivity contribution in [3.8, 4) is 17.2 Å². The number of aliphatic hydroxyl groups excluding tert-OH is 1. The number of phenolic OH excluding ortho intramolecular Hbond substituents is 3. The zero-order chi connectivity index (χ0) is 43.7. The van der Waals surface area contributed by atoms with E-state index >= 15 is 0 Å². The summed E-state index contributed by atoms with van der Waals surface area (Å²) >= 11 is 0. The fourth-order valence-electron chi connectivity index (χ4n) is 9.70. The lowest BCUT2D eigenvalue weighted by molar-refractivity contribution is -0.324. The van der Waals surface area contributed by atoms with Crippen LogP contribution in [0.2, 0.25) is 0 Å². The number of benzene rings is 2. The van der Waals surface area contributed by atoms with E-state index in [0.29, 0.717) is 12.8 Å². The van der Waals surface area contributed by atoms with Crippen molar-refractivity contribution in [3.63, 3.8) is 0 Å². The van der Waals surface area contributed by atoms with Crippen molar-refractivity contribution in [2.24, 2.45) is 0 Å². The van der Waals surface area contributed by atoms with Crippen molar-refractivity contribution in [2.75, 3.05) is 21.2 Å². The number of esters is 1. The maximum absolute atomic E-state index is 14.0.